The molecule has 17 heavy (non-hydrogen) atoms. The van der Waals surface area contributed by atoms with Crippen molar-refractivity contribution in [1.29, 1.82) is 0 Å². The van der Waals surface area contributed by atoms with Gasteiger partial charge in [0.05, 0.1) is 0 Å². The number of nitrogens with two attached hydrogens (primary N) is 1. The fourth-order valence-electron chi connectivity index (χ4n) is 1.02. The van der Waals surface area contributed by atoms with E-state index in [1.165, 1.54) is 0 Å². The number of hydrogen-bond acceptors (Lipinski definition) is 3. The number of halogens is 3. The summed E-state index contributed by atoms with van der Waals surface area (Å²) >= 11 is 11.5. The van der Waals surface area contributed by atoms with Gasteiger partial charge in [0.2, 0.25) is 0 Å². The Hall–Kier alpha value is -0.680. The fourth-order valence-corrected chi connectivity index (χ4v) is 1.53. The third-order valence-corrected chi connectivity index (χ3v) is 2.11. The van der Waals surface area contributed by atoms with Gasteiger partial charge in [-0.15, -0.1) is 12.4 Å². The van der Waals surface area contributed by atoms with Crippen LogP contribution in [0.4, 0.5) is 0 Å². The van der Waals surface area contributed by atoms with E-state index in [2.05, 4.69) is 5.32 Å². The zero-order valence-corrected chi connectivity index (χ0v) is 11.2. The van der Waals surface area contributed by atoms with E-state index in [0.717, 1.165) is 0 Å². The summed E-state index contributed by atoms with van der Waals surface area (Å²) in [5.74, 6) is 0.224. The highest BCUT2D eigenvalue weighted by Gasteiger charge is 2.03. The molecule has 0 saturated heterocycles. The minimum atomic E-state index is -0.235. The monoisotopic (exact) mass is 298 g/mol. The molecule has 1 amide bonds. The maximum Gasteiger partial charge on any atom is 0.257 e. The molecule has 0 saturated carbocycles. The number of benzene rings is 1. The van der Waals surface area contributed by atoms with Gasteiger partial charge in [0.25, 0.3) is 5.91 Å². The van der Waals surface area contributed by atoms with Gasteiger partial charge in [0.15, 0.2) is 6.61 Å². The summed E-state index contributed by atoms with van der Waals surface area (Å²) in [4.78, 5) is 11.2. The lowest BCUT2D eigenvalue weighted by atomic mass is 10.3. The van der Waals surface area contributed by atoms with Crippen LogP contribution >= 0.6 is 35.6 Å². The minimum absolute atomic E-state index is 0. The Morgan fingerprint density at radius 3 is 2.41 bits per heavy atom. The van der Waals surface area contributed by atoms with Crippen molar-refractivity contribution in [2.45, 2.75) is 0 Å². The number of rotatable bonds is 5. The van der Waals surface area contributed by atoms with E-state index in [0.29, 0.717) is 28.9 Å². The average Bonchev–Trinajstić information content (AvgIpc) is 2.22. The molecular weight excluding hydrogens is 286 g/mol. The Morgan fingerprint density at radius 1 is 1.29 bits per heavy atom. The van der Waals surface area contributed by atoms with Crippen LogP contribution in [0.15, 0.2) is 18.2 Å². The Kier molecular flexibility index (Phi) is 8.08. The van der Waals surface area contributed by atoms with Crippen molar-refractivity contribution in [2.24, 2.45) is 5.73 Å². The van der Waals surface area contributed by atoms with Crippen molar-refractivity contribution in [2.75, 3.05) is 19.7 Å². The van der Waals surface area contributed by atoms with Crippen molar-refractivity contribution in [1.82, 2.24) is 5.32 Å². The predicted molar refractivity (Wildman–Crippen MR) is 71.3 cm³/mol. The maximum atomic E-state index is 11.2. The van der Waals surface area contributed by atoms with Crippen molar-refractivity contribution in [3.63, 3.8) is 0 Å². The van der Waals surface area contributed by atoms with E-state index in [1.54, 1.807) is 18.2 Å². The molecule has 0 bridgehead atoms. The fraction of sp³-hybridized carbons (Fsp3) is 0.300. The first kappa shape index (κ1) is 16.3. The van der Waals surface area contributed by atoms with E-state index < -0.39 is 0 Å². The molecule has 3 N–H and O–H groups in total. The summed E-state index contributed by atoms with van der Waals surface area (Å²) < 4.78 is 5.20. The van der Waals surface area contributed by atoms with Crippen LogP contribution in [0.25, 0.3) is 0 Å². The maximum absolute atomic E-state index is 11.2. The van der Waals surface area contributed by atoms with Gasteiger partial charge in [-0.3, -0.25) is 4.79 Å². The summed E-state index contributed by atoms with van der Waals surface area (Å²) in [6.07, 6.45) is 0. The molecule has 1 aromatic carbocycles. The largest absolute Gasteiger partial charge is 0.484 e. The quantitative estimate of drug-likeness (QED) is 0.872. The first-order chi connectivity index (χ1) is 7.61. The Labute approximate surface area is 116 Å². The van der Waals surface area contributed by atoms with Crippen molar-refractivity contribution in [3.8, 4) is 5.75 Å². The smallest absolute Gasteiger partial charge is 0.257 e. The lowest BCUT2D eigenvalue weighted by Gasteiger charge is -2.07. The lowest BCUT2D eigenvalue weighted by Crippen LogP contribution is -2.32. The highest BCUT2D eigenvalue weighted by Crippen LogP contribution is 2.23. The predicted octanol–water partition coefficient (Wildman–Crippen LogP) is 1.87. The zero-order valence-electron chi connectivity index (χ0n) is 8.91. The molecule has 0 aliphatic rings. The van der Waals surface area contributed by atoms with Gasteiger partial charge in [-0.2, -0.15) is 0 Å². The van der Waals surface area contributed by atoms with Crippen molar-refractivity contribution in [3.05, 3.63) is 28.2 Å². The van der Waals surface area contributed by atoms with E-state index in [-0.39, 0.29) is 24.9 Å². The van der Waals surface area contributed by atoms with Crippen LogP contribution in [0.3, 0.4) is 0 Å². The lowest BCUT2D eigenvalue weighted by molar-refractivity contribution is -0.123. The van der Waals surface area contributed by atoms with Crippen LogP contribution in [0.1, 0.15) is 0 Å². The zero-order chi connectivity index (χ0) is 12.0. The normalized spacial score (nSPS) is 9.35. The van der Waals surface area contributed by atoms with Gasteiger partial charge in [-0.05, 0) is 18.2 Å². The number of hydrogen-bond donors (Lipinski definition) is 2. The van der Waals surface area contributed by atoms with E-state index in [4.69, 9.17) is 33.7 Å². The number of nitrogens with one attached hydrogen (secondary N) is 1. The second-order valence-corrected chi connectivity index (χ2v) is 3.91. The molecule has 0 aliphatic carbocycles. The third kappa shape index (κ3) is 6.58. The summed E-state index contributed by atoms with van der Waals surface area (Å²) in [6.45, 7) is 0.740. The molecule has 0 spiro atoms. The molecule has 4 nitrogen and oxygen atoms in total. The van der Waals surface area contributed by atoms with E-state index >= 15 is 0 Å². The van der Waals surface area contributed by atoms with Gasteiger partial charge in [0, 0.05) is 23.1 Å². The highest BCUT2D eigenvalue weighted by molar-refractivity contribution is 6.34. The molecule has 1 aromatic rings. The molecular formula is C10H13Cl3N2O2. The van der Waals surface area contributed by atoms with Crippen molar-refractivity contribution >= 4 is 41.5 Å². The molecule has 1 rings (SSSR count). The van der Waals surface area contributed by atoms with Crippen LogP contribution < -0.4 is 15.8 Å². The Morgan fingerprint density at radius 2 is 1.88 bits per heavy atom. The summed E-state index contributed by atoms with van der Waals surface area (Å²) in [5, 5.41) is 3.50. The van der Waals surface area contributed by atoms with Crippen LogP contribution in [0, 0.1) is 0 Å². The highest BCUT2D eigenvalue weighted by atomic mass is 35.5. The first-order valence-corrected chi connectivity index (χ1v) is 5.43. The summed E-state index contributed by atoms with van der Waals surface area (Å²) in [5.41, 5.74) is 5.23. The average molecular weight is 300 g/mol. The van der Waals surface area contributed by atoms with E-state index in [9.17, 15) is 4.79 Å². The number of carbonyl (C=O) groups excluding carboxylic acids is 1. The van der Waals surface area contributed by atoms with Gasteiger partial charge >= 0.3 is 0 Å². The Balaban J connectivity index is 0.00000256. The van der Waals surface area contributed by atoms with Crippen LogP contribution in [-0.4, -0.2) is 25.6 Å². The molecule has 0 unspecified atom stereocenters. The number of amides is 1. The number of carbonyl (C=O) groups is 1. The minimum Gasteiger partial charge on any atom is -0.484 e. The SMILES string of the molecule is Cl.NCCNC(=O)COc1cc(Cl)cc(Cl)c1. The first-order valence-electron chi connectivity index (χ1n) is 4.67. The molecule has 0 aliphatic heterocycles. The second kappa shape index (κ2) is 8.42. The van der Waals surface area contributed by atoms with Gasteiger partial charge in [-0.1, -0.05) is 23.2 Å². The van der Waals surface area contributed by atoms with Crippen LogP contribution in [-0.2, 0) is 4.79 Å². The molecule has 0 atom stereocenters. The van der Waals surface area contributed by atoms with Gasteiger partial charge in [-0.25, -0.2) is 0 Å². The summed E-state index contributed by atoms with van der Waals surface area (Å²) in [6, 6.07) is 4.76. The van der Waals surface area contributed by atoms with E-state index in [1.807, 2.05) is 0 Å². The summed E-state index contributed by atoms with van der Waals surface area (Å²) in [7, 11) is 0. The number of ether oxygens (including phenoxy) is 1. The molecule has 7 heteroatoms. The van der Waals surface area contributed by atoms with Crippen molar-refractivity contribution < 1.29 is 9.53 Å². The Bertz CT molecular complexity index is 354. The van der Waals surface area contributed by atoms with Gasteiger partial charge in [0.1, 0.15) is 5.75 Å². The molecule has 0 radical (unpaired) electrons. The second-order valence-electron chi connectivity index (χ2n) is 3.03. The molecule has 0 fully saturated rings. The van der Waals surface area contributed by atoms with Gasteiger partial charge < -0.3 is 15.8 Å². The van der Waals surface area contributed by atoms with Crippen LogP contribution in [0.5, 0.6) is 5.75 Å². The topological polar surface area (TPSA) is 64.3 Å². The molecule has 0 aromatic heterocycles. The molecule has 96 valence electrons. The third-order valence-electron chi connectivity index (χ3n) is 1.67. The molecule has 0 heterocycles. The van der Waals surface area contributed by atoms with Crippen LogP contribution in [0.2, 0.25) is 10.0 Å². The standard InChI is InChI=1S/C10H12Cl2N2O2.ClH/c11-7-3-8(12)5-9(4-7)16-6-10(15)14-2-1-13;/h3-5H,1-2,6,13H2,(H,14,15);1H.